The third-order valence-electron chi connectivity index (χ3n) is 8.93. The zero-order chi connectivity index (χ0) is 29.3. The van der Waals surface area contributed by atoms with Crippen molar-refractivity contribution in [1.29, 1.82) is 0 Å². The second-order valence-electron chi connectivity index (χ2n) is 12.9. The highest BCUT2D eigenvalue weighted by Gasteiger charge is 2.38. The van der Waals surface area contributed by atoms with Crippen LogP contribution >= 0.6 is 0 Å². The number of rotatable bonds is 26. The van der Waals surface area contributed by atoms with E-state index in [9.17, 15) is 9.59 Å². The molecule has 1 saturated carbocycles. The molecule has 236 valence electrons. The van der Waals surface area contributed by atoms with Crippen molar-refractivity contribution in [2.75, 3.05) is 0 Å². The second-order valence-corrected chi connectivity index (χ2v) is 12.9. The first kappa shape index (κ1) is 37.0. The number of carbonyl (C=O) groups is 2. The first-order chi connectivity index (χ1) is 19.5. The average Bonchev–Trinajstić information content (AvgIpc) is 2.95. The molecule has 0 spiro atoms. The van der Waals surface area contributed by atoms with Crippen molar-refractivity contribution in [3.63, 3.8) is 0 Å². The van der Waals surface area contributed by atoms with Gasteiger partial charge in [0.15, 0.2) is 0 Å². The predicted molar refractivity (Wildman–Crippen MR) is 169 cm³/mol. The zero-order valence-corrected chi connectivity index (χ0v) is 27.3. The molecule has 0 aliphatic heterocycles. The van der Waals surface area contributed by atoms with Gasteiger partial charge < -0.3 is 9.47 Å². The molecule has 0 N–H and O–H groups in total. The lowest BCUT2D eigenvalue weighted by molar-refractivity contribution is -0.168. The Balaban J connectivity index is 2.20. The minimum Gasteiger partial charge on any atom is -0.462 e. The molecule has 40 heavy (non-hydrogen) atoms. The fourth-order valence-corrected chi connectivity index (χ4v) is 6.22. The summed E-state index contributed by atoms with van der Waals surface area (Å²) >= 11 is 0. The van der Waals surface area contributed by atoms with Crippen LogP contribution in [0.2, 0.25) is 0 Å². The van der Waals surface area contributed by atoms with Crippen molar-refractivity contribution in [2.45, 2.75) is 207 Å². The van der Waals surface area contributed by atoms with Gasteiger partial charge in [0.25, 0.3) is 0 Å². The second kappa shape index (κ2) is 25.6. The molecule has 4 unspecified atom stereocenters. The van der Waals surface area contributed by atoms with Gasteiger partial charge in [0.1, 0.15) is 0 Å². The molecular weight excluding hydrogens is 496 g/mol. The number of esters is 2. The standard InChI is InChI=1S/C36H68O4/c1-5-7-9-11-13-15-17-19-21-23-27-31(3)39-35(37)33-29-25-26-30-34(33)36(38)40-32(4)28-24-22-20-18-16-14-12-10-8-6-2/h31-34H,5-30H2,1-4H3. The molecule has 0 bridgehead atoms. The van der Waals surface area contributed by atoms with Crippen molar-refractivity contribution < 1.29 is 19.1 Å². The summed E-state index contributed by atoms with van der Waals surface area (Å²) in [4.78, 5) is 26.1. The van der Waals surface area contributed by atoms with E-state index in [0.717, 1.165) is 51.4 Å². The van der Waals surface area contributed by atoms with Gasteiger partial charge in [-0.3, -0.25) is 9.59 Å². The van der Waals surface area contributed by atoms with Crippen LogP contribution in [0.3, 0.4) is 0 Å². The zero-order valence-electron chi connectivity index (χ0n) is 27.3. The van der Waals surface area contributed by atoms with Crippen LogP contribution in [0, 0.1) is 11.8 Å². The van der Waals surface area contributed by atoms with Crippen LogP contribution in [0.1, 0.15) is 195 Å². The van der Waals surface area contributed by atoms with E-state index in [0.29, 0.717) is 0 Å². The topological polar surface area (TPSA) is 52.6 Å². The van der Waals surface area contributed by atoms with E-state index in [1.54, 1.807) is 0 Å². The maximum atomic E-state index is 13.0. The summed E-state index contributed by atoms with van der Waals surface area (Å²) in [5.74, 6) is -1.02. The smallest absolute Gasteiger partial charge is 0.310 e. The van der Waals surface area contributed by atoms with Crippen molar-refractivity contribution in [1.82, 2.24) is 0 Å². The fourth-order valence-electron chi connectivity index (χ4n) is 6.22. The maximum Gasteiger partial charge on any atom is 0.310 e. The Hall–Kier alpha value is -1.06. The monoisotopic (exact) mass is 565 g/mol. The Kier molecular flexibility index (Phi) is 23.7. The number of hydrogen-bond acceptors (Lipinski definition) is 4. The highest BCUT2D eigenvalue weighted by atomic mass is 16.6. The Bertz CT molecular complexity index is 552. The molecule has 0 radical (unpaired) electrons. The maximum absolute atomic E-state index is 13.0. The normalized spacial score (nSPS) is 18.8. The molecule has 0 aromatic carbocycles. The van der Waals surface area contributed by atoms with Crippen LogP contribution in [0.4, 0.5) is 0 Å². The lowest BCUT2D eigenvalue weighted by Crippen LogP contribution is -2.37. The first-order valence-electron chi connectivity index (χ1n) is 17.9. The van der Waals surface area contributed by atoms with Gasteiger partial charge in [0.2, 0.25) is 0 Å². The van der Waals surface area contributed by atoms with Crippen molar-refractivity contribution in [2.24, 2.45) is 11.8 Å². The van der Waals surface area contributed by atoms with Gasteiger partial charge in [0.05, 0.1) is 24.0 Å². The van der Waals surface area contributed by atoms with Crippen LogP contribution in [0.25, 0.3) is 0 Å². The van der Waals surface area contributed by atoms with E-state index < -0.39 is 0 Å². The molecule has 1 fully saturated rings. The highest BCUT2D eigenvalue weighted by molar-refractivity contribution is 5.82. The Morgan fingerprint density at radius 3 is 1.07 bits per heavy atom. The quantitative estimate of drug-likeness (QED) is 0.0774. The molecule has 4 atom stereocenters. The number of hydrogen-bond donors (Lipinski definition) is 0. The van der Waals surface area contributed by atoms with Gasteiger partial charge in [0, 0.05) is 0 Å². The van der Waals surface area contributed by atoms with E-state index in [1.807, 2.05) is 13.8 Å². The SMILES string of the molecule is CCCCCCCCCCCCC(C)OC(=O)C1CCCCC1C(=O)OC(C)CCCCCCCCCCCC. The van der Waals surface area contributed by atoms with E-state index >= 15 is 0 Å². The molecule has 1 aliphatic rings. The van der Waals surface area contributed by atoms with Crippen LogP contribution in [-0.2, 0) is 19.1 Å². The van der Waals surface area contributed by atoms with E-state index in [1.165, 1.54) is 116 Å². The third-order valence-corrected chi connectivity index (χ3v) is 8.93. The number of ether oxygens (including phenoxy) is 2. The van der Waals surface area contributed by atoms with Gasteiger partial charge in [-0.1, -0.05) is 142 Å². The summed E-state index contributed by atoms with van der Waals surface area (Å²) in [6.45, 7) is 8.55. The van der Waals surface area contributed by atoms with Crippen LogP contribution in [0.15, 0.2) is 0 Å². The highest BCUT2D eigenvalue weighted by Crippen LogP contribution is 2.33. The van der Waals surface area contributed by atoms with Gasteiger partial charge in [-0.25, -0.2) is 0 Å². The summed E-state index contributed by atoms with van der Waals surface area (Å²) in [6, 6.07) is 0. The van der Waals surface area contributed by atoms with Gasteiger partial charge in [-0.05, 0) is 52.4 Å². The molecule has 4 nitrogen and oxygen atoms in total. The van der Waals surface area contributed by atoms with Gasteiger partial charge in [-0.2, -0.15) is 0 Å². The van der Waals surface area contributed by atoms with Gasteiger partial charge in [-0.15, -0.1) is 0 Å². The molecule has 0 saturated heterocycles. The number of carbonyl (C=O) groups excluding carboxylic acids is 2. The molecular formula is C36H68O4. The predicted octanol–water partition coefficient (Wildman–Crippen LogP) is 11.3. The summed E-state index contributed by atoms with van der Waals surface area (Å²) in [7, 11) is 0. The lowest BCUT2D eigenvalue weighted by atomic mass is 9.79. The summed E-state index contributed by atoms with van der Waals surface area (Å²) in [5, 5.41) is 0. The molecule has 1 rings (SSSR count). The van der Waals surface area contributed by atoms with Crippen molar-refractivity contribution in [3.8, 4) is 0 Å². The fraction of sp³-hybridized carbons (Fsp3) is 0.944. The molecule has 1 aliphatic carbocycles. The summed E-state index contributed by atoms with van der Waals surface area (Å²) < 4.78 is 11.7. The average molecular weight is 565 g/mol. The minimum atomic E-state index is -0.332. The first-order valence-corrected chi connectivity index (χ1v) is 17.9. The van der Waals surface area contributed by atoms with Crippen molar-refractivity contribution >= 4 is 11.9 Å². The largest absolute Gasteiger partial charge is 0.462 e. The molecule has 0 aromatic rings. The van der Waals surface area contributed by atoms with Gasteiger partial charge >= 0.3 is 11.9 Å². The van der Waals surface area contributed by atoms with E-state index in [-0.39, 0.29) is 36.0 Å². The Labute approximate surface area is 249 Å². The minimum absolute atomic E-state index is 0.0737. The van der Waals surface area contributed by atoms with E-state index in [2.05, 4.69) is 13.8 Å². The van der Waals surface area contributed by atoms with Crippen LogP contribution < -0.4 is 0 Å². The van der Waals surface area contributed by atoms with Crippen molar-refractivity contribution in [3.05, 3.63) is 0 Å². The van der Waals surface area contributed by atoms with Crippen LogP contribution in [-0.4, -0.2) is 24.1 Å². The molecule has 0 amide bonds. The summed E-state index contributed by atoms with van der Waals surface area (Å²) in [5.41, 5.74) is 0. The number of unbranched alkanes of at least 4 members (excludes halogenated alkanes) is 18. The molecule has 4 heteroatoms. The summed E-state index contributed by atoms with van der Waals surface area (Å²) in [6.07, 6.45) is 31.4. The van der Waals surface area contributed by atoms with E-state index in [4.69, 9.17) is 9.47 Å². The molecule has 0 heterocycles. The molecule has 0 aromatic heterocycles. The van der Waals surface area contributed by atoms with Crippen LogP contribution in [0.5, 0.6) is 0 Å². The Morgan fingerprint density at radius 1 is 0.500 bits per heavy atom. The lowest BCUT2D eigenvalue weighted by Gasteiger charge is -2.30. The Morgan fingerprint density at radius 2 is 0.775 bits per heavy atom. The third kappa shape index (κ3) is 19.1.